The fourth-order valence-corrected chi connectivity index (χ4v) is 3.30. The summed E-state index contributed by atoms with van der Waals surface area (Å²) in [4.78, 5) is 18.1. The van der Waals surface area contributed by atoms with Crippen molar-refractivity contribution in [3.8, 4) is 23.0 Å². The van der Waals surface area contributed by atoms with E-state index in [1.807, 2.05) is 0 Å². The zero-order chi connectivity index (χ0) is 20.5. The van der Waals surface area contributed by atoms with Gasteiger partial charge in [-0.3, -0.25) is 4.79 Å². The highest BCUT2D eigenvalue weighted by atomic mass is 19.1. The number of ether oxygens (including phenoxy) is 2. The topological polar surface area (TPSA) is 77.7 Å². The molecule has 1 aromatic heterocycles. The standard InChI is InChI=1S/C20H17F2N3O4/c1-27-13-4-5-14(17(9-13)28-2)20-23-19(24-29-20)11-7-18(26)25(10-11)16-6-3-12(21)8-15(16)22/h3-6,8-9,11H,7,10H2,1-2H3. The largest absolute Gasteiger partial charge is 0.497 e. The molecule has 1 fully saturated rings. The molecule has 1 amide bonds. The minimum atomic E-state index is -0.796. The van der Waals surface area contributed by atoms with Crippen molar-refractivity contribution >= 4 is 11.6 Å². The fourth-order valence-electron chi connectivity index (χ4n) is 3.30. The van der Waals surface area contributed by atoms with Crippen molar-refractivity contribution < 1.29 is 27.6 Å². The van der Waals surface area contributed by atoms with Gasteiger partial charge in [-0.2, -0.15) is 4.98 Å². The van der Waals surface area contributed by atoms with E-state index in [2.05, 4.69) is 10.1 Å². The van der Waals surface area contributed by atoms with Crippen LogP contribution in [0.2, 0.25) is 0 Å². The average Bonchev–Trinajstić information content (AvgIpc) is 3.34. The number of hydrogen-bond acceptors (Lipinski definition) is 6. The molecule has 0 spiro atoms. The zero-order valence-corrected chi connectivity index (χ0v) is 15.7. The highest BCUT2D eigenvalue weighted by Gasteiger charge is 2.36. The number of halogens is 2. The maximum absolute atomic E-state index is 14.1. The predicted octanol–water partition coefficient (Wildman–Crippen LogP) is 3.55. The Bertz CT molecular complexity index is 1070. The zero-order valence-electron chi connectivity index (χ0n) is 15.7. The van der Waals surface area contributed by atoms with E-state index in [-0.39, 0.29) is 36.4 Å². The first kappa shape index (κ1) is 18.9. The van der Waals surface area contributed by atoms with Crippen molar-refractivity contribution in [2.24, 2.45) is 0 Å². The molecule has 150 valence electrons. The van der Waals surface area contributed by atoms with E-state index in [1.54, 1.807) is 25.3 Å². The molecule has 29 heavy (non-hydrogen) atoms. The number of carbonyl (C=O) groups excluding carboxylic acids is 1. The van der Waals surface area contributed by atoms with Crippen molar-refractivity contribution in [2.75, 3.05) is 25.7 Å². The smallest absolute Gasteiger partial charge is 0.261 e. The lowest BCUT2D eigenvalue weighted by molar-refractivity contribution is -0.117. The quantitative estimate of drug-likeness (QED) is 0.651. The first-order chi connectivity index (χ1) is 14.0. The Kier molecular flexibility index (Phi) is 4.87. The Hall–Kier alpha value is -3.49. The van der Waals surface area contributed by atoms with Gasteiger partial charge in [0.15, 0.2) is 5.82 Å². The van der Waals surface area contributed by atoms with Crippen LogP contribution in [-0.2, 0) is 4.79 Å². The lowest BCUT2D eigenvalue weighted by Crippen LogP contribution is -2.25. The number of anilines is 1. The molecule has 7 nitrogen and oxygen atoms in total. The van der Waals surface area contributed by atoms with Crippen LogP contribution < -0.4 is 14.4 Å². The van der Waals surface area contributed by atoms with Gasteiger partial charge in [0.1, 0.15) is 23.1 Å². The molecule has 0 N–H and O–H groups in total. The van der Waals surface area contributed by atoms with Crippen molar-refractivity contribution in [3.63, 3.8) is 0 Å². The first-order valence-corrected chi connectivity index (χ1v) is 8.81. The Morgan fingerprint density at radius 1 is 1.14 bits per heavy atom. The van der Waals surface area contributed by atoms with Gasteiger partial charge < -0.3 is 18.9 Å². The van der Waals surface area contributed by atoms with E-state index in [0.29, 0.717) is 22.9 Å². The maximum atomic E-state index is 14.1. The molecular formula is C20H17F2N3O4. The third-order valence-corrected chi connectivity index (χ3v) is 4.77. The summed E-state index contributed by atoms with van der Waals surface area (Å²) < 4.78 is 43.1. The van der Waals surface area contributed by atoms with Crippen molar-refractivity contribution in [3.05, 3.63) is 53.9 Å². The van der Waals surface area contributed by atoms with Crippen LogP contribution in [0.25, 0.3) is 11.5 Å². The molecule has 9 heteroatoms. The van der Waals surface area contributed by atoms with Gasteiger partial charge in [-0.25, -0.2) is 8.78 Å². The van der Waals surface area contributed by atoms with Crippen LogP contribution in [-0.4, -0.2) is 36.8 Å². The van der Waals surface area contributed by atoms with E-state index in [1.165, 1.54) is 18.1 Å². The Labute approximate surface area is 164 Å². The number of rotatable bonds is 5. The Balaban J connectivity index is 1.58. The van der Waals surface area contributed by atoms with Gasteiger partial charge in [0.05, 0.1) is 25.5 Å². The SMILES string of the molecule is COc1ccc(-c2nc(C3CC(=O)N(c4ccc(F)cc4F)C3)no2)c(OC)c1. The summed E-state index contributed by atoms with van der Waals surface area (Å²) in [5, 5.41) is 3.99. The summed E-state index contributed by atoms with van der Waals surface area (Å²) in [5.41, 5.74) is 0.609. The molecule has 4 rings (SSSR count). The van der Waals surface area contributed by atoms with Gasteiger partial charge >= 0.3 is 0 Å². The van der Waals surface area contributed by atoms with Crippen LogP contribution in [0.3, 0.4) is 0 Å². The lowest BCUT2D eigenvalue weighted by Gasteiger charge is -2.16. The highest BCUT2D eigenvalue weighted by molar-refractivity contribution is 5.96. The van der Waals surface area contributed by atoms with Gasteiger partial charge in [-0.05, 0) is 24.3 Å². The summed E-state index contributed by atoms with van der Waals surface area (Å²) in [6.07, 6.45) is 0.0928. The number of methoxy groups -OCH3 is 2. The number of nitrogens with zero attached hydrogens (tertiary/aromatic N) is 3. The predicted molar refractivity (Wildman–Crippen MR) is 98.9 cm³/mol. The number of amides is 1. The monoisotopic (exact) mass is 401 g/mol. The minimum absolute atomic E-state index is 0.0273. The maximum Gasteiger partial charge on any atom is 0.261 e. The summed E-state index contributed by atoms with van der Waals surface area (Å²) in [6, 6.07) is 8.26. The summed E-state index contributed by atoms with van der Waals surface area (Å²) in [7, 11) is 3.06. The number of benzene rings is 2. The molecular weight excluding hydrogens is 384 g/mol. The van der Waals surface area contributed by atoms with Gasteiger partial charge in [-0.15, -0.1) is 0 Å². The molecule has 0 bridgehead atoms. The second-order valence-electron chi connectivity index (χ2n) is 6.53. The van der Waals surface area contributed by atoms with Crippen LogP contribution in [0.1, 0.15) is 18.2 Å². The van der Waals surface area contributed by atoms with E-state index >= 15 is 0 Å². The Morgan fingerprint density at radius 2 is 1.97 bits per heavy atom. The summed E-state index contributed by atoms with van der Waals surface area (Å²) >= 11 is 0. The molecule has 2 heterocycles. The second-order valence-corrected chi connectivity index (χ2v) is 6.53. The van der Waals surface area contributed by atoms with Crippen LogP contribution in [0.5, 0.6) is 11.5 Å². The van der Waals surface area contributed by atoms with Crippen molar-refractivity contribution in [2.45, 2.75) is 12.3 Å². The number of carbonyl (C=O) groups is 1. The average molecular weight is 401 g/mol. The number of aromatic nitrogens is 2. The molecule has 0 radical (unpaired) electrons. The van der Waals surface area contributed by atoms with Crippen LogP contribution in [0, 0.1) is 11.6 Å². The molecule has 2 aromatic carbocycles. The fraction of sp³-hybridized carbons (Fsp3) is 0.250. The molecule has 1 saturated heterocycles. The van der Waals surface area contributed by atoms with E-state index < -0.39 is 11.6 Å². The minimum Gasteiger partial charge on any atom is -0.497 e. The van der Waals surface area contributed by atoms with Gasteiger partial charge in [0, 0.05) is 31.0 Å². The van der Waals surface area contributed by atoms with Crippen LogP contribution >= 0.6 is 0 Å². The Morgan fingerprint density at radius 3 is 2.69 bits per heavy atom. The molecule has 1 unspecified atom stereocenters. The molecule has 0 saturated carbocycles. The highest BCUT2D eigenvalue weighted by Crippen LogP contribution is 2.35. The van der Waals surface area contributed by atoms with Crippen LogP contribution in [0.4, 0.5) is 14.5 Å². The third kappa shape index (κ3) is 3.51. The van der Waals surface area contributed by atoms with Gasteiger partial charge in [0.25, 0.3) is 5.89 Å². The molecule has 1 aliphatic rings. The van der Waals surface area contributed by atoms with Crippen molar-refractivity contribution in [1.82, 2.24) is 10.1 Å². The molecule has 3 aromatic rings. The molecule has 0 aliphatic carbocycles. The molecule has 1 aliphatic heterocycles. The summed E-state index contributed by atoms with van der Waals surface area (Å²) in [6.45, 7) is 0.167. The normalized spacial score (nSPS) is 16.3. The van der Waals surface area contributed by atoms with E-state index in [9.17, 15) is 13.6 Å². The third-order valence-electron chi connectivity index (χ3n) is 4.77. The second kappa shape index (κ2) is 7.50. The van der Waals surface area contributed by atoms with Crippen LogP contribution in [0.15, 0.2) is 40.9 Å². The lowest BCUT2D eigenvalue weighted by atomic mass is 10.1. The van der Waals surface area contributed by atoms with Gasteiger partial charge in [-0.1, -0.05) is 5.16 Å². The van der Waals surface area contributed by atoms with Crippen molar-refractivity contribution in [1.29, 1.82) is 0 Å². The first-order valence-electron chi connectivity index (χ1n) is 8.81. The molecule has 1 atom stereocenters. The summed E-state index contributed by atoms with van der Waals surface area (Å²) in [5.74, 6) is -0.501. The van der Waals surface area contributed by atoms with Gasteiger partial charge in [0.2, 0.25) is 5.91 Å². The van der Waals surface area contributed by atoms with E-state index in [4.69, 9.17) is 14.0 Å². The van der Waals surface area contributed by atoms with E-state index in [0.717, 1.165) is 12.1 Å². The number of hydrogen-bond donors (Lipinski definition) is 0.